The zero-order valence-corrected chi connectivity index (χ0v) is 10.8. The lowest BCUT2D eigenvalue weighted by atomic mass is 10.2. The number of rotatable bonds is 5. The van der Waals surface area contributed by atoms with Crippen molar-refractivity contribution < 1.29 is 18.4 Å². The molecule has 0 radical (unpaired) electrons. The van der Waals surface area contributed by atoms with Gasteiger partial charge < -0.3 is 10.6 Å². The first-order valence-corrected chi connectivity index (χ1v) is 5.98. The smallest absolute Gasteiger partial charge is 0.252 e. The van der Waals surface area contributed by atoms with E-state index in [9.17, 15) is 18.4 Å². The minimum absolute atomic E-state index is 0.160. The van der Waals surface area contributed by atoms with E-state index in [4.69, 9.17) is 0 Å². The molecular formula is C13H16F2N2O2. The molecule has 4 nitrogen and oxygen atoms in total. The molecule has 0 aliphatic heterocycles. The van der Waals surface area contributed by atoms with Crippen LogP contribution in [-0.4, -0.2) is 24.4 Å². The van der Waals surface area contributed by atoms with Crippen molar-refractivity contribution in [2.45, 2.75) is 26.3 Å². The van der Waals surface area contributed by atoms with Crippen LogP contribution >= 0.6 is 0 Å². The Labute approximate surface area is 110 Å². The van der Waals surface area contributed by atoms with E-state index >= 15 is 0 Å². The maximum atomic E-state index is 13.0. The third kappa shape index (κ3) is 4.65. The largest absolute Gasteiger partial charge is 0.354 e. The van der Waals surface area contributed by atoms with Gasteiger partial charge in [0.1, 0.15) is 17.7 Å². The van der Waals surface area contributed by atoms with Gasteiger partial charge in [-0.25, -0.2) is 8.78 Å². The van der Waals surface area contributed by atoms with Gasteiger partial charge in [-0.15, -0.1) is 0 Å². The number of nitrogens with one attached hydrogen (secondary N) is 2. The minimum atomic E-state index is -0.840. The van der Waals surface area contributed by atoms with Crippen LogP contribution < -0.4 is 10.6 Å². The van der Waals surface area contributed by atoms with Crippen LogP contribution in [-0.2, 0) is 4.79 Å². The first-order valence-electron chi connectivity index (χ1n) is 5.98. The number of carbonyl (C=O) groups excluding carboxylic acids is 2. The van der Waals surface area contributed by atoms with Gasteiger partial charge in [0.15, 0.2) is 0 Å². The third-order valence-electron chi connectivity index (χ3n) is 2.41. The van der Waals surface area contributed by atoms with Crippen LogP contribution in [0.3, 0.4) is 0 Å². The monoisotopic (exact) mass is 270 g/mol. The second-order valence-corrected chi connectivity index (χ2v) is 4.14. The quantitative estimate of drug-likeness (QED) is 0.854. The summed E-state index contributed by atoms with van der Waals surface area (Å²) in [6.45, 7) is 3.91. The number of hydrogen-bond donors (Lipinski definition) is 2. The normalized spacial score (nSPS) is 11.8. The average Bonchev–Trinajstić information content (AvgIpc) is 2.34. The van der Waals surface area contributed by atoms with Crippen molar-refractivity contribution in [1.29, 1.82) is 0 Å². The van der Waals surface area contributed by atoms with Crippen LogP contribution in [0.25, 0.3) is 0 Å². The highest BCUT2D eigenvalue weighted by atomic mass is 19.1. The van der Waals surface area contributed by atoms with Gasteiger partial charge in [-0.1, -0.05) is 6.92 Å². The van der Waals surface area contributed by atoms with Crippen molar-refractivity contribution >= 4 is 11.8 Å². The molecule has 0 spiro atoms. The molecule has 1 atom stereocenters. The SMILES string of the molecule is CCCNC(=O)C(C)NC(=O)c1cc(F)cc(F)c1. The van der Waals surface area contributed by atoms with Crippen molar-refractivity contribution in [3.05, 3.63) is 35.4 Å². The zero-order chi connectivity index (χ0) is 14.4. The topological polar surface area (TPSA) is 58.2 Å². The Balaban J connectivity index is 2.66. The molecule has 2 N–H and O–H groups in total. The lowest BCUT2D eigenvalue weighted by molar-refractivity contribution is -0.122. The summed E-state index contributed by atoms with van der Waals surface area (Å²) in [5.41, 5.74) is -0.160. The standard InChI is InChI=1S/C13H16F2N2O2/c1-3-4-16-12(18)8(2)17-13(19)9-5-10(14)7-11(15)6-9/h5-8H,3-4H2,1-2H3,(H,16,18)(H,17,19). The fourth-order valence-electron chi connectivity index (χ4n) is 1.43. The Morgan fingerprint density at radius 2 is 1.79 bits per heavy atom. The van der Waals surface area contributed by atoms with Crippen LogP contribution in [0, 0.1) is 11.6 Å². The highest BCUT2D eigenvalue weighted by Gasteiger charge is 2.17. The van der Waals surface area contributed by atoms with E-state index < -0.39 is 23.6 Å². The molecular weight excluding hydrogens is 254 g/mol. The van der Waals surface area contributed by atoms with Crippen molar-refractivity contribution in [2.24, 2.45) is 0 Å². The van der Waals surface area contributed by atoms with E-state index in [0.717, 1.165) is 18.6 Å². The Morgan fingerprint density at radius 1 is 1.21 bits per heavy atom. The number of amides is 2. The highest BCUT2D eigenvalue weighted by Crippen LogP contribution is 2.08. The number of halogens is 2. The molecule has 0 aliphatic rings. The van der Waals surface area contributed by atoms with Gasteiger partial charge in [-0.3, -0.25) is 9.59 Å². The van der Waals surface area contributed by atoms with Gasteiger partial charge in [-0.2, -0.15) is 0 Å². The summed E-state index contributed by atoms with van der Waals surface area (Å²) in [6, 6.07) is 1.73. The summed E-state index contributed by atoms with van der Waals surface area (Å²) in [7, 11) is 0. The predicted molar refractivity (Wildman–Crippen MR) is 66.6 cm³/mol. The maximum absolute atomic E-state index is 13.0. The molecule has 104 valence electrons. The van der Waals surface area contributed by atoms with Crippen molar-refractivity contribution in [1.82, 2.24) is 10.6 Å². The van der Waals surface area contributed by atoms with Crippen LogP contribution in [0.5, 0.6) is 0 Å². The Morgan fingerprint density at radius 3 is 2.32 bits per heavy atom. The van der Waals surface area contributed by atoms with Crippen molar-refractivity contribution in [3.8, 4) is 0 Å². The first-order chi connectivity index (χ1) is 8.93. The van der Waals surface area contributed by atoms with Crippen LogP contribution in [0.4, 0.5) is 8.78 Å². The van der Waals surface area contributed by atoms with E-state index in [2.05, 4.69) is 10.6 Å². The molecule has 0 heterocycles. The maximum Gasteiger partial charge on any atom is 0.252 e. The van der Waals surface area contributed by atoms with Gasteiger partial charge in [-0.05, 0) is 25.5 Å². The molecule has 6 heteroatoms. The molecule has 19 heavy (non-hydrogen) atoms. The predicted octanol–water partition coefficient (Wildman–Crippen LogP) is 1.61. The second kappa shape index (κ2) is 6.82. The second-order valence-electron chi connectivity index (χ2n) is 4.14. The molecule has 1 rings (SSSR count). The summed E-state index contributed by atoms with van der Waals surface area (Å²) >= 11 is 0. The van der Waals surface area contributed by atoms with Crippen molar-refractivity contribution in [3.63, 3.8) is 0 Å². The molecule has 0 saturated carbocycles. The van der Waals surface area contributed by atoms with Crippen molar-refractivity contribution in [2.75, 3.05) is 6.54 Å². The molecule has 1 aromatic carbocycles. The molecule has 0 aromatic heterocycles. The highest BCUT2D eigenvalue weighted by molar-refractivity contribution is 5.97. The summed E-state index contributed by atoms with van der Waals surface area (Å²) in [5.74, 6) is -2.72. The average molecular weight is 270 g/mol. The van der Waals surface area contributed by atoms with Gasteiger partial charge in [0.05, 0.1) is 0 Å². The molecule has 0 aliphatic carbocycles. The molecule has 1 unspecified atom stereocenters. The third-order valence-corrected chi connectivity index (χ3v) is 2.41. The van der Waals surface area contributed by atoms with Gasteiger partial charge >= 0.3 is 0 Å². The number of hydrogen-bond acceptors (Lipinski definition) is 2. The van der Waals surface area contributed by atoms with Gasteiger partial charge in [0, 0.05) is 18.2 Å². The first kappa shape index (κ1) is 15.1. The lowest BCUT2D eigenvalue weighted by Gasteiger charge is -2.13. The summed E-state index contributed by atoms with van der Waals surface area (Å²) in [6.07, 6.45) is 0.779. The Kier molecular flexibility index (Phi) is 5.41. The van der Waals surface area contributed by atoms with E-state index in [0.29, 0.717) is 12.6 Å². The van der Waals surface area contributed by atoms with Crippen LogP contribution in [0.1, 0.15) is 30.6 Å². The van der Waals surface area contributed by atoms with E-state index in [-0.39, 0.29) is 11.5 Å². The summed E-state index contributed by atoms with van der Waals surface area (Å²) in [4.78, 5) is 23.2. The molecule has 2 amide bonds. The van der Waals surface area contributed by atoms with Crippen LogP contribution in [0.2, 0.25) is 0 Å². The molecule has 1 aromatic rings. The zero-order valence-electron chi connectivity index (χ0n) is 10.8. The lowest BCUT2D eigenvalue weighted by Crippen LogP contribution is -2.45. The van der Waals surface area contributed by atoms with E-state index in [1.807, 2.05) is 6.92 Å². The van der Waals surface area contributed by atoms with Crippen LogP contribution in [0.15, 0.2) is 18.2 Å². The Hall–Kier alpha value is -1.98. The number of carbonyl (C=O) groups is 2. The Bertz CT molecular complexity index is 457. The van der Waals surface area contributed by atoms with Gasteiger partial charge in [0.25, 0.3) is 5.91 Å². The van der Waals surface area contributed by atoms with E-state index in [1.54, 1.807) is 0 Å². The van der Waals surface area contributed by atoms with Gasteiger partial charge in [0.2, 0.25) is 5.91 Å². The minimum Gasteiger partial charge on any atom is -0.354 e. The number of benzene rings is 1. The van der Waals surface area contributed by atoms with E-state index in [1.165, 1.54) is 6.92 Å². The fourth-order valence-corrected chi connectivity index (χ4v) is 1.43. The molecule has 0 saturated heterocycles. The summed E-state index contributed by atoms with van der Waals surface area (Å²) in [5, 5.41) is 4.98. The fraction of sp³-hybridized carbons (Fsp3) is 0.385. The summed E-state index contributed by atoms with van der Waals surface area (Å²) < 4.78 is 25.9. The molecule has 0 bridgehead atoms. The molecule has 0 fully saturated rings.